The summed E-state index contributed by atoms with van der Waals surface area (Å²) in [5.74, 6) is 0. The van der Waals surface area contributed by atoms with Crippen LogP contribution in [0.5, 0.6) is 0 Å². The summed E-state index contributed by atoms with van der Waals surface area (Å²) in [6, 6.07) is 8.33. The normalized spacial score (nSPS) is 13.3. The maximum Gasteiger partial charge on any atom is 0.0672 e. The Morgan fingerprint density at radius 3 is 2.93 bits per heavy atom. The van der Waals surface area contributed by atoms with Crippen molar-refractivity contribution in [1.82, 2.24) is 4.57 Å². The minimum Gasteiger partial charge on any atom is -0.383 e. The number of ether oxygens (including phenoxy) is 1. The Kier molecular flexibility index (Phi) is 2.98. The average molecular weight is 224 g/mol. The quantitative estimate of drug-likeness (QED) is 0.777. The van der Waals surface area contributed by atoms with E-state index in [4.69, 9.17) is 16.3 Å². The molecule has 80 valence electrons. The van der Waals surface area contributed by atoms with Gasteiger partial charge in [-0.25, -0.2) is 0 Å². The SMILES string of the molecule is COCC(C)n1ccc2cccc(Cl)c21. The van der Waals surface area contributed by atoms with Crippen LogP contribution in [0.4, 0.5) is 0 Å². The van der Waals surface area contributed by atoms with Crippen LogP contribution in [0.1, 0.15) is 13.0 Å². The number of methoxy groups -OCH3 is 1. The lowest BCUT2D eigenvalue weighted by Gasteiger charge is -2.14. The molecule has 0 N–H and O–H groups in total. The molecule has 2 aromatic rings. The van der Waals surface area contributed by atoms with Crippen molar-refractivity contribution < 1.29 is 4.74 Å². The van der Waals surface area contributed by atoms with E-state index in [0.717, 1.165) is 10.5 Å². The van der Waals surface area contributed by atoms with E-state index in [0.29, 0.717) is 12.6 Å². The van der Waals surface area contributed by atoms with Crippen molar-refractivity contribution in [3.05, 3.63) is 35.5 Å². The molecule has 0 aliphatic heterocycles. The lowest BCUT2D eigenvalue weighted by molar-refractivity contribution is 0.164. The third-order valence-electron chi connectivity index (χ3n) is 2.57. The van der Waals surface area contributed by atoms with Gasteiger partial charge in [0, 0.05) is 18.7 Å². The molecule has 1 aromatic carbocycles. The van der Waals surface area contributed by atoms with Crippen LogP contribution in [0.2, 0.25) is 5.02 Å². The van der Waals surface area contributed by atoms with Gasteiger partial charge < -0.3 is 9.30 Å². The van der Waals surface area contributed by atoms with Crippen LogP contribution in [-0.4, -0.2) is 18.3 Å². The molecule has 1 heterocycles. The van der Waals surface area contributed by atoms with Gasteiger partial charge >= 0.3 is 0 Å². The average Bonchev–Trinajstić information content (AvgIpc) is 2.63. The number of hydrogen-bond acceptors (Lipinski definition) is 1. The Morgan fingerprint density at radius 2 is 2.20 bits per heavy atom. The Labute approximate surface area is 94.4 Å². The molecule has 1 aromatic heterocycles. The number of fused-ring (bicyclic) bond motifs is 1. The van der Waals surface area contributed by atoms with Crippen LogP contribution >= 0.6 is 11.6 Å². The molecule has 2 nitrogen and oxygen atoms in total. The van der Waals surface area contributed by atoms with Gasteiger partial charge in [0.05, 0.1) is 23.2 Å². The molecule has 15 heavy (non-hydrogen) atoms. The van der Waals surface area contributed by atoms with Crippen molar-refractivity contribution in [3.63, 3.8) is 0 Å². The van der Waals surface area contributed by atoms with Crippen molar-refractivity contribution in [3.8, 4) is 0 Å². The highest BCUT2D eigenvalue weighted by atomic mass is 35.5. The van der Waals surface area contributed by atoms with E-state index in [1.165, 1.54) is 5.39 Å². The van der Waals surface area contributed by atoms with E-state index in [-0.39, 0.29) is 0 Å². The van der Waals surface area contributed by atoms with Crippen LogP contribution in [0.25, 0.3) is 10.9 Å². The molecular formula is C12H14ClNO. The maximum atomic E-state index is 6.19. The molecule has 1 atom stereocenters. The molecule has 0 radical (unpaired) electrons. The number of nitrogens with zero attached hydrogens (tertiary/aromatic N) is 1. The Hall–Kier alpha value is -0.990. The lowest BCUT2D eigenvalue weighted by atomic mass is 10.2. The van der Waals surface area contributed by atoms with E-state index in [2.05, 4.69) is 29.8 Å². The van der Waals surface area contributed by atoms with Crippen molar-refractivity contribution in [2.45, 2.75) is 13.0 Å². The summed E-state index contributed by atoms with van der Waals surface area (Å²) in [4.78, 5) is 0. The zero-order chi connectivity index (χ0) is 10.8. The van der Waals surface area contributed by atoms with Gasteiger partial charge in [-0.05, 0) is 19.1 Å². The van der Waals surface area contributed by atoms with E-state index >= 15 is 0 Å². The largest absolute Gasteiger partial charge is 0.383 e. The van der Waals surface area contributed by atoms with Crippen LogP contribution < -0.4 is 0 Å². The minimum atomic E-state index is 0.299. The zero-order valence-corrected chi connectivity index (χ0v) is 9.66. The fourth-order valence-corrected chi connectivity index (χ4v) is 2.14. The van der Waals surface area contributed by atoms with Gasteiger partial charge in [0.15, 0.2) is 0 Å². The number of halogens is 1. The highest BCUT2D eigenvalue weighted by Crippen LogP contribution is 2.27. The van der Waals surface area contributed by atoms with Gasteiger partial charge in [0.25, 0.3) is 0 Å². The van der Waals surface area contributed by atoms with Crippen LogP contribution in [0, 0.1) is 0 Å². The maximum absolute atomic E-state index is 6.19. The molecular weight excluding hydrogens is 210 g/mol. The monoisotopic (exact) mass is 223 g/mol. The van der Waals surface area contributed by atoms with Gasteiger partial charge in [-0.1, -0.05) is 23.7 Å². The van der Waals surface area contributed by atoms with E-state index < -0.39 is 0 Å². The summed E-state index contributed by atoms with van der Waals surface area (Å²) in [6.45, 7) is 2.81. The van der Waals surface area contributed by atoms with Gasteiger partial charge in [-0.2, -0.15) is 0 Å². The third kappa shape index (κ3) is 1.87. The molecule has 0 aliphatic carbocycles. The first-order valence-electron chi connectivity index (χ1n) is 4.98. The summed E-state index contributed by atoms with van der Waals surface area (Å²) < 4.78 is 7.31. The number of aromatic nitrogens is 1. The third-order valence-corrected chi connectivity index (χ3v) is 2.88. The topological polar surface area (TPSA) is 14.2 Å². The molecule has 0 aliphatic rings. The lowest BCUT2D eigenvalue weighted by Crippen LogP contribution is -2.09. The van der Waals surface area contributed by atoms with Crippen LogP contribution in [0.15, 0.2) is 30.5 Å². The smallest absolute Gasteiger partial charge is 0.0672 e. The molecule has 0 saturated heterocycles. The first-order chi connectivity index (χ1) is 7.24. The van der Waals surface area contributed by atoms with Gasteiger partial charge in [-0.3, -0.25) is 0 Å². The van der Waals surface area contributed by atoms with Crippen molar-refractivity contribution in [2.24, 2.45) is 0 Å². The predicted octanol–water partition coefficient (Wildman–Crippen LogP) is 3.50. The van der Waals surface area contributed by atoms with Crippen LogP contribution in [-0.2, 0) is 4.74 Å². The molecule has 0 saturated carbocycles. The van der Waals surface area contributed by atoms with Gasteiger partial charge in [0.2, 0.25) is 0 Å². The Balaban J connectivity index is 2.52. The second-order valence-electron chi connectivity index (χ2n) is 3.71. The Morgan fingerprint density at radius 1 is 1.40 bits per heavy atom. The number of benzene rings is 1. The molecule has 0 bridgehead atoms. The van der Waals surface area contributed by atoms with Crippen LogP contribution in [0.3, 0.4) is 0 Å². The number of hydrogen-bond donors (Lipinski definition) is 0. The van der Waals surface area contributed by atoms with E-state index in [9.17, 15) is 0 Å². The highest BCUT2D eigenvalue weighted by Gasteiger charge is 2.09. The van der Waals surface area contributed by atoms with Gasteiger partial charge in [-0.15, -0.1) is 0 Å². The summed E-state index contributed by atoms with van der Waals surface area (Å²) in [7, 11) is 1.71. The summed E-state index contributed by atoms with van der Waals surface area (Å²) in [5.41, 5.74) is 1.09. The fourth-order valence-electron chi connectivity index (χ4n) is 1.86. The molecule has 3 heteroatoms. The standard InChI is InChI=1S/C12H14ClNO/c1-9(8-15-2)14-7-6-10-4-3-5-11(13)12(10)14/h3-7,9H,8H2,1-2H3. The van der Waals surface area contributed by atoms with Crippen molar-refractivity contribution in [2.75, 3.05) is 13.7 Å². The molecule has 2 rings (SSSR count). The highest BCUT2D eigenvalue weighted by molar-refractivity contribution is 6.35. The minimum absolute atomic E-state index is 0.299. The second kappa shape index (κ2) is 4.25. The second-order valence-corrected chi connectivity index (χ2v) is 4.11. The summed E-state index contributed by atoms with van der Waals surface area (Å²) >= 11 is 6.19. The van der Waals surface area contributed by atoms with E-state index in [1.54, 1.807) is 7.11 Å². The van der Waals surface area contributed by atoms with Crippen molar-refractivity contribution >= 4 is 22.5 Å². The first-order valence-corrected chi connectivity index (χ1v) is 5.36. The first kappa shape index (κ1) is 10.5. The molecule has 1 unspecified atom stereocenters. The van der Waals surface area contributed by atoms with E-state index in [1.807, 2.05) is 12.1 Å². The van der Waals surface area contributed by atoms with Gasteiger partial charge in [0.1, 0.15) is 0 Å². The zero-order valence-electron chi connectivity index (χ0n) is 8.90. The molecule has 0 spiro atoms. The Bertz CT molecular complexity index is 464. The summed E-state index contributed by atoms with van der Waals surface area (Å²) in [5, 5.41) is 1.96. The molecule has 0 fully saturated rings. The predicted molar refractivity (Wildman–Crippen MR) is 63.5 cm³/mol. The number of rotatable bonds is 3. The fraction of sp³-hybridized carbons (Fsp3) is 0.333. The molecule has 0 amide bonds. The summed E-state index contributed by atoms with van der Waals surface area (Å²) in [6.07, 6.45) is 2.06. The van der Waals surface area contributed by atoms with Crippen molar-refractivity contribution in [1.29, 1.82) is 0 Å². The number of para-hydroxylation sites is 1.